The van der Waals surface area contributed by atoms with Crippen molar-refractivity contribution in [3.8, 4) is 0 Å². The Kier molecular flexibility index (Phi) is 3.91. The van der Waals surface area contributed by atoms with Gasteiger partial charge in [-0.2, -0.15) is 0 Å². The van der Waals surface area contributed by atoms with Gasteiger partial charge in [0.2, 0.25) is 0 Å². The summed E-state index contributed by atoms with van der Waals surface area (Å²) in [6.45, 7) is 3.17. The van der Waals surface area contributed by atoms with Gasteiger partial charge in [0.25, 0.3) is 0 Å². The summed E-state index contributed by atoms with van der Waals surface area (Å²) in [4.78, 5) is 14.2. The van der Waals surface area contributed by atoms with Gasteiger partial charge < -0.3 is 9.80 Å². The zero-order valence-electron chi connectivity index (χ0n) is 14.9. The molecule has 4 rings (SSSR count). The first-order valence-electron chi connectivity index (χ1n) is 9.01. The highest BCUT2D eigenvalue weighted by Gasteiger charge is 2.31. The van der Waals surface area contributed by atoms with E-state index in [2.05, 4.69) is 66.1 Å². The summed E-state index contributed by atoms with van der Waals surface area (Å²) < 4.78 is 0. The number of aryl methyl sites for hydroxylation is 1. The van der Waals surface area contributed by atoms with E-state index in [-0.39, 0.29) is 0 Å². The SMILES string of the molecule is Cc1cc(N2CCCC2c2cccc(N(C)C)c2)nc(C2CC2)n1. The third kappa shape index (κ3) is 2.97. The molecule has 24 heavy (non-hydrogen) atoms. The highest BCUT2D eigenvalue weighted by Crippen LogP contribution is 2.41. The largest absolute Gasteiger partial charge is 0.378 e. The first-order chi connectivity index (χ1) is 11.6. The van der Waals surface area contributed by atoms with Gasteiger partial charge in [0.1, 0.15) is 11.6 Å². The van der Waals surface area contributed by atoms with E-state index in [1.165, 1.54) is 36.9 Å². The molecular weight excluding hydrogens is 296 g/mol. The Morgan fingerprint density at radius 2 is 1.92 bits per heavy atom. The van der Waals surface area contributed by atoms with Crippen LogP contribution in [-0.4, -0.2) is 30.6 Å². The number of nitrogens with zero attached hydrogens (tertiary/aromatic N) is 4. The van der Waals surface area contributed by atoms with Gasteiger partial charge in [0, 0.05) is 44.0 Å². The van der Waals surface area contributed by atoms with Crippen LogP contribution in [0.4, 0.5) is 11.5 Å². The fourth-order valence-corrected chi connectivity index (χ4v) is 3.64. The summed E-state index contributed by atoms with van der Waals surface area (Å²) >= 11 is 0. The molecule has 1 saturated carbocycles. The van der Waals surface area contributed by atoms with Crippen molar-refractivity contribution in [2.24, 2.45) is 0 Å². The minimum atomic E-state index is 0.422. The monoisotopic (exact) mass is 322 g/mol. The normalized spacial score (nSPS) is 20.5. The third-order valence-electron chi connectivity index (χ3n) is 5.12. The molecule has 0 radical (unpaired) electrons. The zero-order valence-corrected chi connectivity index (χ0v) is 14.9. The van der Waals surface area contributed by atoms with Crippen LogP contribution in [0.15, 0.2) is 30.3 Å². The third-order valence-corrected chi connectivity index (χ3v) is 5.12. The molecule has 2 heterocycles. The molecular formula is C20H26N4. The standard InChI is InChI=1S/C20H26N4/c1-14-12-19(22-20(21-14)15-9-10-15)24-11-5-8-18(24)16-6-4-7-17(13-16)23(2)3/h4,6-7,12-13,15,18H,5,8-11H2,1-3H3. The van der Waals surface area contributed by atoms with Gasteiger partial charge in [-0.15, -0.1) is 0 Å². The number of hydrogen-bond acceptors (Lipinski definition) is 4. The highest BCUT2D eigenvalue weighted by molar-refractivity contribution is 5.51. The Morgan fingerprint density at radius 1 is 1.08 bits per heavy atom. The second-order valence-electron chi connectivity index (χ2n) is 7.34. The first kappa shape index (κ1) is 15.4. The Hall–Kier alpha value is -2.10. The molecule has 126 valence electrons. The zero-order chi connectivity index (χ0) is 16.7. The van der Waals surface area contributed by atoms with Crippen molar-refractivity contribution in [3.05, 3.63) is 47.4 Å². The molecule has 0 N–H and O–H groups in total. The summed E-state index contributed by atoms with van der Waals surface area (Å²) in [5.41, 5.74) is 3.74. The van der Waals surface area contributed by atoms with E-state index in [0.717, 1.165) is 23.9 Å². The van der Waals surface area contributed by atoms with Gasteiger partial charge in [0.15, 0.2) is 0 Å². The molecule has 2 fully saturated rings. The van der Waals surface area contributed by atoms with Crippen LogP contribution in [0.2, 0.25) is 0 Å². The summed E-state index contributed by atoms with van der Waals surface area (Å²) in [5.74, 6) is 2.77. The maximum atomic E-state index is 4.92. The Bertz CT molecular complexity index is 736. The maximum absolute atomic E-state index is 4.92. The fraction of sp³-hybridized carbons (Fsp3) is 0.500. The van der Waals surface area contributed by atoms with Crippen molar-refractivity contribution < 1.29 is 0 Å². The van der Waals surface area contributed by atoms with Crippen molar-refractivity contribution >= 4 is 11.5 Å². The predicted octanol–water partition coefficient (Wildman–Crippen LogP) is 4.07. The molecule has 1 atom stereocenters. The minimum absolute atomic E-state index is 0.422. The van der Waals surface area contributed by atoms with Crippen molar-refractivity contribution in [2.45, 2.75) is 44.6 Å². The first-order valence-corrected chi connectivity index (χ1v) is 9.01. The summed E-state index contributed by atoms with van der Waals surface area (Å²) in [6.07, 6.45) is 4.91. The number of benzene rings is 1. The van der Waals surface area contributed by atoms with Gasteiger partial charge >= 0.3 is 0 Å². The lowest BCUT2D eigenvalue weighted by molar-refractivity contribution is 0.705. The van der Waals surface area contributed by atoms with Crippen LogP contribution in [0.1, 0.15) is 54.7 Å². The van der Waals surface area contributed by atoms with Crippen LogP contribution in [-0.2, 0) is 0 Å². The van der Waals surface area contributed by atoms with E-state index in [0.29, 0.717) is 12.0 Å². The van der Waals surface area contributed by atoms with Gasteiger partial charge in [-0.3, -0.25) is 0 Å². The summed E-state index contributed by atoms with van der Waals surface area (Å²) in [5, 5.41) is 0. The Morgan fingerprint density at radius 3 is 2.67 bits per heavy atom. The molecule has 0 bridgehead atoms. The number of anilines is 2. The lowest BCUT2D eigenvalue weighted by Crippen LogP contribution is -2.24. The molecule has 1 aromatic carbocycles. The van der Waals surface area contributed by atoms with Crippen LogP contribution >= 0.6 is 0 Å². The second-order valence-corrected chi connectivity index (χ2v) is 7.34. The maximum Gasteiger partial charge on any atom is 0.134 e. The van der Waals surface area contributed by atoms with Crippen LogP contribution < -0.4 is 9.80 Å². The quantitative estimate of drug-likeness (QED) is 0.849. The minimum Gasteiger partial charge on any atom is -0.378 e. The summed E-state index contributed by atoms with van der Waals surface area (Å²) in [6, 6.07) is 11.5. The average molecular weight is 322 g/mol. The average Bonchev–Trinajstić information content (AvgIpc) is 3.31. The number of hydrogen-bond donors (Lipinski definition) is 0. The molecule has 0 spiro atoms. The molecule has 1 aromatic heterocycles. The number of aromatic nitrogens is 2. The smallest absolute Gasteiger partial charge is 0.134 e. The van der Waals surface area contributed by atoms with Crippen molar-refractivity contribution in [2.75, 3.05) is 30.4 Å². The molecule has 2 aromatic rings. The van der Waals surface area contributed by atoms with Crippen molar-refractivity contribution in [1.82, 2.24) is 9.97 Å². The fourth-order valence-electron chi connectivity index (χ4n) is 3.64. The molecule has 1 saturated heterocycles. The molecule has 4 heteroatoms. The van der Waals surface area contributed by atoms with E-state index in [4.69, 9.17) is 4.98 Å². The number of rotatable bonds is 4. The molecule has 1 aliphatic carbocycles. The summed E-state index contributed by atoms with van der Waals surface area (Å²) in [7, 11) is 4.20. The van der Waals surface area contributed by atoms with E-state index in [9.17, 15) is 0 Å². The second kappa shape index (κ2) is 6.08. The molecule has 1 unspecified atom stereocenters. The van der Waals surface area contributed by atoms with Gasteiger partial charge in [-0.1, -0.05) is 12.1 Å². The van der Waals surface area contributed by atoms with Crippen LogP contribution in [0.5, 0.6) is 0 Å². The van der Waals surface area contributed by atoms with Crippen LogP contribution in [0.25, 0.3) is 0 Å². The van der Waals surface area contributed by atoms with E-state index < -0.39 is 0 Å². The van der Waals surface area contributed by atoms with E-state index in [1.54, 1.807) is 0 Å². The van der Waals surface area contributed by atoms with E-state index >= 15 is 0 Å². The van der Waals surface area contributed by atoms with Gasteiger partial charge in [-0.05, 0) is 50.3 Å². The molecule has 2 aliphatic rings. The van der Waals surface area contributed by atoms with Gasteiger partial charge in [0.05, 0.1) is 6.04 Å². The van der Waals surface area contributed by atoms with Crippen LogP contribution in [0.3, 0.4) is 0 Å². The van der Waals surface area contributed by atoms with Gasteiger partial charge in [-0.25, -0.2) is 9.97 Å². The Balaban J connectivity index is 1.67. The lowest BCUT2D eigenvalue weighted by atomic mass is 10.0. The topological polar surface area (TPSA) is 32.3 Å². The Labute approximate surface area is 144 Å². The molecule has 4 nitrogen and oxygen atoms in total. The van der Waals surface area contributed by atoms with Crippen molar-refractivity contribution in [3.63, 3.8) is 0 Å². The highest BCUT2D eigenvalue weighted by atomic mass is 15.2. The van der Waals surface area contributed by atoms with E-state index in [1.807, 2.05) is 0 Å². The predicted molar refractivity (Wildman–Crippen MR) is 98.8 cm³/mol. The molecule has 0 amide bonds. The van der Waals surface area contributed by atoms with Crippen LogP contribution in [0, 0.1) is 6.92 Å². The lowest BCUT2D eigenvalue weighted by Gasteiger charge is -2.27. The molecule has 1 aliphatic heterocycles. The van der Waals surface area contributed by atoms with Crippen molar-refractivity contribution in [1.29, 1.82) is 0 Å².